The molecule has 0 aromatic heterocycles. The molecule has 5 aromatic carbocycles. The van der Waals surface area contributed by atoms with E-state index in [-0.39, 0.29) is 29.6 Å². The first-order chi connectivity index (χ1) is 25.1. The van der Waals surface area contributed by atoms with Crippen molar-refractivity contribution >= 4 is 23.1 Å². The average Bonchev–Trinajstić information content (AvgIpc) is 3.70. The van der Waals surface area contributed by atoms with E-state index in [0.29, 0.717) is 5.84 Å². The second-order valence-electron chi connectivity index (χ2n) is 13.8. The Morgan fingerprint density at radius 2 is 1.63 bits per heavy atom. The van der Waals surface area contributed by atoms with Crippen LogP contribution in [0, 0.1) is 12.1 Å². The van der Waals surface area contributed by atoms with E-state index in [0.717, 1.165) is 45.2 Å². The molecule has 0 bridgehead atoms. The van der Waals surface area contributed by atoms with Crippen molar-refractivity contribution < 1.29 is 4.74 Å². The molecule has 5 atom stereocenters. The number of rotatable bonds is 4. The zero-order valence-electron chi connectivity index (χ0n) is 28.1. The third kappa shape index (κ3) is 4.79. The number of nitrogens with zero attached hydrogens (tertiary/aromatic N) is 3. The van der Waals surface area contributed by atoms with Gasteiger partial charge in [0.05, 0.1) is 11.5 Å². The van der Waals surface area contributed by atoms with Crippen LogP contribution in [0.3, 0.4) is 0 Å². The number of nitrogens with one attached hydrogen (secondary N) is 1. The van der Waals surface area contributed by atoms with Gasteiger partial charge in [0.2, 0.25) is 5.96 Å². The van der Waals surface area contributed by atoms with Gasteiger partial charge in [-0.05, 0) is 82.8 Å². The number of guanidine groups is 1. The predicted molar refractivity (Wildman–Crippen MR) is 205 cm³/mol. The van der Waals surface area contributed by atoms with Gasteiger partial charge in [-0.3, -0.25) is 0 Å². The molecule has 5 heteroatoms. The van der Waals surface area contributed by atoms with Gasteiger partial charge in [-0.15, -0.1) is 0 Å². The molecule has 0 fully saturated rings. The standard InChI is InChI=1S/C46H34N4O/c1-46-27-11-10-22-38(46)36-20-8-9-23-39(36)50(46)45-48-43(31-16-6-3-7-17-31)47-44(49-45)34-19-12-18-32(28-34)33-25-26-37-41(29-33)51-40-24-13-21-35(42(37)40)30-14-4-2-5-15-30/h3-4,6-29,38,40,42-43H,1H3,(H,47,48,49)/t38?,40?,42?,43?,46-/m0/s1. The van der Waals surface area contributed by atoms with Crippen LogP contribution in [0.4, 0.5) is 5.69 Å². The van der Waals surface area contributed by atoms with Gasteiger partial charge in [0.15, 0.2) is 5.84 Å². The molecule has 3 aliphatic heterocycles. The van der Waals surface area contributed by atoms with E-state index in [1.54, 1.807) is 0 Å². The third-order valence-electron chi connectivity index (χ3n) is 10.8. The fourth-order valence-electron chi connectivity index (χ4n) is 8.37. The summed E-state index contributed by atoms with van der Waals surface area (Å²) in [6, 6.07) is 46.4. The minimum absolute atomic E-state index is 0.0378. The lowest BCUT2D eigenvalue weighted by molar-refractivity contribution is 0.272. The molecule has 5 nitrogen and oxygen atoms in total. The van der Waals surface area contributed by atoms with Gasteiger partial charge in [-0.2, -0.15) is 4.99 Å². The number of allylic oxidation sites excluding steroid dienone is 4. The number of amidine groups is 1. The highest BCUT2D eigenvalue weighted by atomic mass is 16.5. The molecule has 244 valence electrons. The van der Waals surface area contributed by atoms with E-state index in [4.69, 9.17) is 14.7 Å². The Bertz CT molecular complexity index is 2370. The van der Waals surface area contributed by atoms with Gasteiger partial charge >= 0.3 is 0 Å². The molecule has 0 spiro atoms. The highest BCUT2D eigenvalue weighted by Crippen LogP contribution is 2.51. The maximum absolute atomic E-state index is 6.57. The van der Waals surface area contributed by atoms with Gasteiger partial charge in [0.25, 0.3) is 0 Å². The molecule has 4 unspecified atom stereocenters. The van der Waals surface area contributed by atoms with E-state index in [1.807, 2.05) is 18.2 Å². The highest BCUT2D eigenvalue weighted by molar-refractivity contribution is 6.13. The maximum atomic E-state index is 6.57. The summed E-state index contributed by atoms with van der Waals surface area (Å²) >= 11 is 0. The summed E-state index contributed by atoms with van der Waals surface area (Å²) in [5, 5.41) is 3.72. The molecule has 1 N–H and O–H groups in total. The van der Waals surface area contributed by atoms with Gasteiger partial charge in [0, 0.05) is 22.7 Å². The molecular formula is C46H34N4O. The Balaban J connectivity index is 1.03. The molecule has 0 amide bonds. The Hall–Kier alpha value is -6.38. The van der Waals surface area contributed by atoms with E-state index >= 15 is 0 Å². The fourth-order valence-corrected chi connectivity index (χ4v) is 8.37. The summed E-state index contributed by atoms with van der Waals surface area (Å²) in [5.41, 5.74) is 9.94. The molecule has 10 rings (SSSR count). The largest absolute Gasteiger partial charge is 0.485 e. The summed E-state index contributed by atoms with van der Waals surface area (Å²) < 4.78 is 6.57. The Morgan fingerprint density at radius 1 is 0.765 bits per heavy atom. The lowest BCUT2D eigenvalue weighted by atomic mass is 9.81. The number of ether oxygens (including phenoxy) is 1. The van der Waals surface area contributed by atoms with Crippen LogP contribution < -0.4 is 15.0 Å². The SMILES string of the molecule is C[C@]12C=CC=CC1c1ccccc1N2C1=NC(c2cccc(-c3ccc4c(c3)OC3C=CC=C(c5cc#ccc5)C43)c2)=NC(c2ccccc2)N1. The first-order valence-corrected chi connectivity index (χ1v) is 17.6. The van der Waals surface area contributed by atoms with Crippen molar-refractivity contribution in [1.82, 2.24) is 5.32 Å². The lowest BCUT2D eigenvalue weighted by Gasteiger charge is -2.41. The first kappa shape index (κ1) is 29.5. The first-order valence-electron chi connectivity index (χ1n) is 17.6. The minimum atomic E-state index is -0.321. The second-order valence-corrected chi connectivity index (χ2v) is 13.8. The van der Waals surface area contributed by atoms with Crippen molar-refractivity contribution in [2.45, 2.75) is 36.6 Å². The van der Waals surface area contributed by atoms with Crippen molar-refractivity contribution in [1.29, 1.82) is 0 Å². The summed E-state index contributed by atoms with van der Waals surface area (Å²) in [7, 11) is 0. The maximum Gasteiger partial charge on any atom is 0.208 e. The summed E-state index contributed by atoms with van der Waals surface area (Å²) in [4.78, 5) is 12.9. The molecule has 2 aliphatic carbocycles. The van der Waals surface area contributed by atoms with Crippen LogP contribution in [0.15, 0.2) is 168 Å². The van der Waals surface area contributed by atoms with Crippen LogP contribution in [0.2, 0.25) is 0 Å². The number of hydrogen-bond donors (Lipinski definition) is 1. The molecule has 5 aliphatic rings. The van der Waals surface area contributed by atoms with Gasteiger partial charge in [0.1, 0.15) is 18.0 Å². The van der Waals surface area contributed by atoms with Crippen LogP contribution in [0.25, 0.3) is 16.7 Å². The van der Waals surface area contributed by atoms with Crippen molar-refractivity contribution in [3.63, 3.8) is 0 Å². The summed E-state index contributed by atoms with van der Waals surface area (Å²) in [6.07, 6.45) is 15.0. The quantitative estimate of drug-likeness (QED) is 0.209. The van der Waals surface area contributed by atoms with Crippen molar-refractivity contribution in [2.24, 2.45) is 9.98 Å². The number of hydrogen-bond acceptors (Lipinski definition) is 5. The summed E-state index contributed by atoms with van der Waals surface area (Å²) in [6.45, 7) is 2.29. The minimum Gasteiger partial charge on any atom is -0.485 e. The topological polar surface area (TPSA) is 49.2 Å². The fraction of sp³-hybridized carbons (Fsp3) is 0.130. The van der Waals surface area contributed by atoms with Crippen molar-refractivity contribution in [3.05, 3.63) is 198 Å². The normalized spacial score (nSPS) is 24.9. The van der Waals surface area contributed by atoms with Crippen LogP contribution in [0.1, 0.15) is 52.7 Å². The highest BCUT2D eigenvalue weighted by Gasteiger charge is 2.49. The third-order valence-corrected chi connectivity index (χ3v) is 10.8. The van der Waals surface area contributed by atoms with Crippen molar-refractivity contribution in [3.8, 4) is 16.9 Å². The second kappa shape index (κ2) is 11.6. The van der Waals surface area contributed by atoms with Crippen LogP contribution in [-0.4, -0.2) is 23.4 Å². The lowest BCUT2D eigenvalue weighted by Crippen LogP contribution is -2.55. The van der Waals surface area contributed by atoms with Gasteiger partial charge in [-0.1, -0.05) is 127 Å². The smallest absolute Gasteiger partial charge is 0.208 e. The number of para-hydroxylation sites is 1. The number of aliphatic imine (C=N–C) groups is 2. The number of anilines is 1. The van der Waals surface area contributed by atoms with Crippen LogP contribution in [0.5, 0.6) is 5.75 Å². The number of fused-ring (bicyclic) bond motifs is 6. The molecule has 0 saturated carbocycles. The average molecular weight is 659 g/mol. The molecular weight excluding hydrogens is 625 g/mol. The molecule has 0 saturated heterocycles. The Labute approximate surface area is 298 Å². The monoisotopic (exact) mass is 658 g/mol. The Kier molecular flexibility index (Phi) is 6.72. The molecule has 0 radical (unpaired) electrons. The Morgan fingerprint density at radius 3 is 2.53 bits per heavy atom. The zero-order chi connectivity index (χ0) is 33.9. The van der Waals surface area contributed by atoms with E-state index in [9.17, 15) is 0 Å². The van der Waals surface area contributed by atoms with Crippen LogP contribution in [-0.2, 0) is 0 Å². The number of benzene rings is 4. The molecule has 5 aromatic rings. The molecule has 51 heavy (non-hydrogen) atoms. The van der Waals surface area contributed by atoms with Crippen LogP contribution >= 0.6 is 0 Å². The van der Waals surface area contributed by atoms with Gasteiger partial charge < -0.3 is 15.0 Å². The predicted octanol–water partition coefficient (Wildman–Crippen LogP) is 9.35. The molecule has 3 heterocycles. The van der Waals surface area contributed by atoms with E-state index < -0.39 is 0 Å². The van der Waals surface area contributed by atoms with Gasteiger partial charge in [-0.25, -0.2) is 4.99 Å². The zero-order valence-corrected chi connectivity index (χ0v) is 28.1. The van der Waals surface area contributed by atoms with Crippen molar-refractivity contribution in [2.75, 3.05) is 4.90 Å². The van der Waals surface area contributed by atoms with E-state index in [2.05, 4.69) is 169 Å². The van der Waals surface area contributed by atoms with E-state index in [1.165, 1.54) is 16.7 Å². The summed E-state index contributed by atoms with van der Waals surface area (Å²) in [5.74, 6) is 2.75.